The Balaban J connectivity index is 2.65. The van der Waals surface area contributed by atoms with E-state index in [0.29, 0.717) is 12.8 Å². The summed E-state index contributed by atoms with van der Waals surface area (Å²) < 4.78 is 4.55. The molecule has 0 aliphatic heterocycles. The van der Waals surface area contributed by atoms with E-state index >= 15 is 0 Å². The summed E-state index contributed by atoms with van der Waals surface area (Å²) in [6, 6.07) is 0. The van der Waals surface area contributed by atoms with Crippen LogP contribution in [0.1, 0.15) is 59.3 Å². The van der Waals surface area contributed by atoms with E-state index < -0.39 is 12.2 Å². The van der Waals surface area contributed by atoms with E-state index in [-0.39, 0.29) is 28.6 Å². The number of halogens is 1. The summed E-state index contributed by atoms with van der Waals surface area (Å²) >= 11 is 6.48. The molecule has 0 spiro atoms. The summed E-state index contributed by atoms with van der Waals surface area (Å²) in [6.07, 6.45) is 15.1. The monoisotopic (exact) mass is 412 g/mol. The summed E-state index contributed by atoms with van der Waals surface area (Å²) in [5.74, 6) is -0.298. The molecule has 0 aromatic heterocycles. The number of hydrogen-bond donors (Lipinski definition) is 2. The van der Waals surface area contributed by atoms with Crippen LogP contribution in [0.3, 0.4) is 0 Å². The second-order valence-electron chi connectivity index (χ2n) is 8.35. The lowest BCUT2D eigenvalue weighted by Crippen LogP contribution is -2.28. The second-order valence-corrected chi connectivity index (χ2v) is 8.91. The Labute approximate surface area is 175 Å². The van der Waals surface area contributed by atoms with Crippen molar-refractivity contribution in [2.45, 2.75) is 76.9 Å². The van der Waals surface area contributed by atoms with Crippen molar-refractivity contribution in [3.05, 3.63) is 36.5 Å². The molecule has 0 unspecified atom stereocenters. The SMILES string of the molecule is CCCCC(C)(C)[C@H](O)/C=C/[C@@H]1[C@@H](C/C=C\C/C=C/C(=O)OC)[C@H](Cl)C[C@H]1O. The van der Waals surface area contributed by atoms with Crippen LogP contribution in [0.4, 0.5) is 0 Å². The molecule has 0 bridgehead atoms. The summed E-state index contributed by atoms with van der Waals surface area (Å²) in [5.41, 5.74) is -0.183. The lowest BCUT2D eigenvalue weighted by atomic mass is 9.80. The lowest BCUT2D eigenvalue weighted by molar-refractivity contribution is -0.134. The van der Waals surface area contributed by atoms with Gasteiger partial charge in [0.25, 0.3) is 0 Å². The first kappa shape index (κ1) is 24.9. The molecule has 5 atom stereocenters. The summed E-state index contributed by atoms with van der Waals surface area (Å²) in [5, 5.41) is 20.9. The molecule has 0 radical (unpaired) electrons. The van der Waals surface area contributed by atoms with Crippen LogP contribution in [-0.2, 0) is 9.53 Å². The van der Waals surface area contributed by atoms with Crippen LogP contribution in [0.2, 0.25) is 0 Å². The molecule has 1 fully saturated rings. The second kappa shape index (κ2) is 12.5. The fourth-order valence-corrected chi connectivity index (χ4v) is 4.05. The quantitative estimate of drug-likeness (QED) is 0.221. The molecule has 160 valence electrons. The normalized spacial score (nSPS) is 27.2. The smallest absolute Gasteiger partial charge is 0.330 e. The van der Waals surface area contributed by atoms with Gasteiger partial charge in [0.15, 0.2) is 0 Å². The van der Waals surface area contributed by atoms with Gasteiger partial charge in [0.1, 0.15) is 0 Å². The van der Waals surface area contributed by atoms with Gasteiger partial charge in [-0.15, -0.1) is 11.6 Å². The van der Waals surface area contributed by atoms with Crippen molar-refractivity contribution in [3.63, 3.8) is 0 Å². The molecule has 1 rings (SSSR count). The number of hydrogen-bond acceptors (Lipinski definition) is 4. The lowest BCUT2D eigenvalue weighted by Gasteiger charge is -2.29. The molecule has 28 heavy (non-hydrogen) atoms. The van der Waals surface area contributed by atoms with E-state index in [1.807, 2.05) is 24.3 Å². The van der Waals surface area contributed by atoms with E-state index in [0.717, 1.165) is 25.7 Å². The van der Waals surface area contributed by atoms with Crippen molar-refractivity contribution in [2.75, 3.05) is 7.11 Å². The molecule has 2 N–H and O–H groups in total. The zero-order valence-electron chi connectivity index (χ0n) is 17.7. The van der Waals surface area contributed by atoms with Crippen molar-refractivity contribution in [3.8, 4) is 0 Å². The Bertz CT molecular complexity index is 553. The highest BCUT2D eigenvalue weighted by atomic mass is 35.5. The molecule has 1 aliphatic carbocycles. The van der Waals surface area contributed by atoms with Crippen molar-refractivity contribution in [1.82, 2.24) is 0 Å². The van der Waals surface area contributed by atoms with Crippen LogP contribution in [0.25, 0.3) is 0 Å². The minimum Gasteiger partial charge on any atom is -0.466 e. The van der Waals surface area contributed by atoms with E-state index in [9.17, 15) is 15.0 Å². The van der Waals surface area contributed by atoms with Crippen molar-refractivity contribution in [2.24, 2.45) is 17.3 Å². The highest BCUT2D eigenvalue weighted by molar-refractivity contribution is 6.21. The van der Waals surface area contributed by atoms with Gasteiger partial charge in [-0.3, -0.25) is 0 Å². The highest BCUT2D eigenvalue weighted by Crippen LogP contribution is 2.40. The number of allylic oxidation sites excluding steroid dienone is 3. The van der Waals surface area contributed by atoms with Crippen LogP contribution >= 0.6 is 11.6 Å². The van der Waals surface area contributed by atoms with E-state index in [4.69, 9.17) is 11.6 Å². The molecular formula is C23H37ClO4. The molecule has 0 heterocycles. The van der Waals surface area contributed by atoms with Gasteiger partial charge in [-0.05, 0) is 37.0 Å². The Morgan fingerprint density at radius 1 is 1.32 bits per heavy atom. The molecule has 0 saturated heterocycles. The molecule has 5 heteroatoms. The number of alkyl halides is 1. The maximum atomic E-state index is 11.0. The third-order valence-electron chi connectivity index (χ3n) is 5.66. The molecule has 1 aliphatic rings. The van der Waals surface area contributed by atoms with Crippen LogP contribution < -0.4 is 0 Å². The number of carbonyl (C=O) groups excluding carboxylic acids is 1. The van der Waals surface area contributed by atoms with Crippen LogP contribution in [0.5, 0.6) is 0 Å². The largest absolute Gasteiger partial charge is 0.466 e. The summed E-state index contributed by atoms with van der Waals surface area (Å²) in [6.45, 7) is 6.31. The van der Waals surface area contributed by atoms with E-state index in [1.165, 1.54) is 13.2 Å². The number of aliphatic hydroxyl groups is 2. The fourth-order valence-electron chi connectivity index (χ4n) is 3.60. The van der Waals surface area contributed by atoms with Crippen molar-refractivity contribution >= 4 is 17.6 Å². The van der Waals surface area contributed by atoms with Gasteiger partial charge < -0.3 is 14.9 Å². The molecule has 0 amide bonds. The number of ether oxygens (including phenoxy) is 1. The predicted octanol–water partition coefficient (Wildman–Crippen LogP) is 4.79. The average Bonchev–Trinajstić information content (AvgIpc) is 2.93. The number of methoxy groups -OCH3 is 1. The highest BCUT2D eigenvalue weighted by Gasteiger charge is 2.39. The number of esters is 1. The van der Waals surface area contributed by atoms with Crippen LogP contribution in [-0.4, -0.2) is 40.9 Å². The van der Waals surface area contributed by atoms with Gasteiger partial charge in [0.05, 0.1) is 19.3 Å². The molecule has 0 aromatic carbocycles. The first-order chi connectivity index (χ1) is 13.2. The zero-order valence-corrected chi connectivity index (χ0v) is 18.4. The number of rotatable bonds is 11. The Hall–Kier alpha value is -1.10. The number of carbonyl (C=O) groups is 1. The van der Waals surface area contributed by atoms with Gasteiger partial charge in [-0.2, -0.15) is 0 Å². The molecule has 4 nitrogen and oxygen atoms in total. The minimum atomic E-state index is -0.541. The minimum absolute atomic E-state index is 0.0608. The maximum Gasteiger partial charge on any atom is 0.330 e. The third-order valence-corrected chi connectivity index (χ3v) is 6.16. The van der Waals surface area contributed by atoms with Crippen molar-refractivity contribution in [1.29, 1.82) is 0 Å². The van der Waals surface area contributed by atoms with Crippen molar-refractivity contribution < 1.29 is 19.7 Å². The predicted molar refractivity (Wildman–Crippen MR) is 115 cm³/mol. The first-order valence-electron chi connectivity index (χ1n) is 10.3. The Morgan fingerprint density at radius 2 is 2.04 bits per heavy atom. The van der Waals surface area contributed by atoms with Crippen LogP contribution in [0, 0.1) is 17.3 Å². The summed E-state index contributed by atoms with van der Waals surface area (Å²) in [4.78, 5) is 11.0. The van der Waals surface area contributed by atoms with Gasteiger partial charge in [0.2, 0.25) is 0 Å². The fraction of sp³-hybridized carbons (Fsp3) is 0.696. The van der Waals surface area contributed by atoms with Gasteiger partial charge in [0, 0.05) is 17.4 Å². The average molecular weight is 413 g/mol. The molecule has 1 saturated carbocycles. The van der Waals surface area contributed by atoms with Gasteiger partial charge in [-0.1, -0.05) is 64.0 Å². The van der Waals surface area contributed by atoms with Gasteiger partial charge in [-0.25, -0.2) is 4.79 Å². The standard InChI is InChI=1S/C23H37ClO4/c1-5-6-15-23(2,3)21(26)14-13-18-17(19(24)16-20(18)25)11-9-7-8-10-12-22(27)28-4/h7,9-10,12-14,17-21,25-26H,5-6,8,11,15-16H2,1-4H3/b9-7-,12-10+,14-13+/t17-,18-,19-,20-,21-/m1/s1. The first-order valence-corrected chi connectivity index (χ1v) is 10.7. The maximum absolute atomic E-state index is 11.0. The molecular weight excluding hydrogens is 376 g/mol. The third kappa shape index (κ3) is 8.10. The summed E-state index contributed by atoms with van der Waals surface area (Å²) in [7, 11) is 1.35. The van der Waals surface area contributed by atoms with E-state index in [2.05, 4.69) is 25.5 Å². The molecule has 0 aromatic rings. The number of unbranched alkanes of at least 4 members (excludes halogenated alkanes) is 1. The van der Waals surface area contributed by atoms with Crippen LogP contribution in [0.15, 0.2) is 36.5 Å². The Morgan fingerprint density at radius 3 is 2.68 bits per heavy atom. The van der Waals surface area contributed by atoms with Gasteiger partial charge >= 0.3 is 5.97 Å². The van der Waals surface area contributed by atoms with E-state index in [1.54, 1.807) is 6.08 Å². The topological polar surface area (TPSA) is 66.8 Å². The number of aliphatic hydroxyl groups excluding tert-OH is 2. The Kier molecular flexibility index (Phi) is 11.1. The zero-order chi connectivity index (χ0) is 21.2.